The van der Waals surface area contributed by atoms with Gasteiger partial charge in [-0.05, 0) is 27.2 Å². The summed E-state index contributed by atoms with van der Waals surface area (Å²) in [6.45, 7) is 6.95. The van der Waals surface area contributed by atoms with Crippen LogP contribution in [0.25, 0.3) is 0 Å². The molecule has 7 nitrogen and oxygen atoms in total. The first-order valence-electron chi connectivity index (χ1n) is 6.69. The van der Waals surface area contributed by atoms with Crippen LogP contribution < -0.4 is 10.6 Å². The molecule has 122 valence electrons. The largest absolute Gasteiger partial charge is 0.480 e. The van der Waals surface area contributed by atoms with Gasteiger partial charge in [0.05, 0.1) is 5.88 Å². The van der Waals surface area contributed by atoms with E-state index in [1.807, 2.05) is 6.92 Å². The summed E-state index contributed by atoms with van der Waals surface area (Å²) in [5, 5.41) is 13.6. The average molecular weight is 323 g/mol. The molecule has 0 heterocycles. The third-order valence-corrected chi connectivity index (χ3v) is 2.66. The normalized spacial score (nSPS) is 14.0. The molecule has 2 atom stereocenters. The highest BCUT2D eigenvalue weighted by Gasteiger charge is 2.27. The number of aliphatic carboxylic acids is 1. The number of ether oxygens (including phenoxy) is 1. The van der Waals surface area contributed by atoms with Crippen molar-refractivity contribution in [2.24, 2.45) is 0 Å². The van der Waals surface area contributed by atoms with Gasteiger partial charge in [-0.3, -0.25) is 4.79 Å². The van der Waals surface area contributed by atoms with Gasteiger partial charge >= 0.3 is 12.1 Å². The lowest BCUT2D eigenvalue weighted by molar-refractivity contribution is -0.141. The summed E-state index contributed by atoms with van der Waals surface area (Å²) in [4.78, 5) is 34.5. The second kappa shape index (κ2) is 8.71. The quantitative estimate of drug-likeness (QED) is 0.616. The number of carbonyl (C=O) groups is 3. The molecule has 0 aliphatic rings. The molecule has 0 rings (SSSR count). The van der Waals surface area contributed by atoms with Crippen molar-refractivity contribution in [1.82, 2.24) is 10.6 Å². The highest BCUT2D eigenvalue weighted by molar-refractivity contribution is 6.19. The van der Waals surface area contributed by atoms with E-state index in [0.717, 1.165) is 0 Å². The zero-order valence-corrected chi connectivity index (χ0v) is 13.5. The molecule has 0 aliphatic carbocycles. The Hall–Kier alpha value is -1.50. The number of nitrogens with one attached hydrogen (secondary N) is 2. The van der Waals surface area contributed by atoms with Gasteiger partial charge in [0.2, 0.25) is 5.91 Å². The van der Waals surface area contributed by atoms with Crippen LogP contribution >= 0.6 is 11.6 Å². The fourth-order valence-corrected chi connectivity index (χ4v) is 1.66. The molecule has 0 fully saturated rings. The predicted molar refractivity (Wildman–Crippen MR) is 78.4 cm³/mol. The number of rotatable bonds is 7. The molecule has 3 N–H and O–H groups in total. The van der Waals surface area contributed by atoms with E-state index >= 15 is 0 Å². The molecular formula is C13H23ClN2O5. The molecule has 0 aromatic heterocycles. The maximum Gasteiger partial charge on any atom is 0.408 e. The summed E-state index contributed by atoms with van der Waals surface area (Å²) in [5.41, 5.74) is -0.683. The van der Waals surface area contributed by atoms with Gasteiger partial charge in [-0.2, -0.15) is 0 Å². The van der Waals surface area contributed by atoms with Crippen LogP contribution in [0.2, 0.25) is 0 Å². The minimum Gasteiger partial charge on any atom is -0.480 e. The van der Waals surface area contributed by atoms with E-state index in [0.29, 0.717) is 12.8 Å². The van der Waals surface area contributed by atoms with Crippen LogP contribution in [-0.2, 0) is 14.3 Å². The Labute approximate surface area is 129 Å². The minimum absolute atomic E-state index is 0.258. The minimum atomic E-state index is -1.23. The number of hydrogen-bond donors (Lipinski definition) is 3. The van der Waals surface area contributed by atoms with Gasteiger partial charge < -0.3 is 20.5 Å². The third-order valence-electron chi connectivity index (χ3n) is 2.35. The Kier molecular flexibility index (Phi) is 8.09. The smallest absolute Gasteiger partial charge is 0.408 e. The molecular weight excluding hydrogens is 300 g/mol. The highest BCUT2D eigenvalue weighted by atomic mass is 35.5. The van der Waals surface area contributed by atoms with Gasteiger partial charge in [0, 0.05) is 0 Å². The highest BCUT2D eigenvalue weighted by Crippen LogP contribution is 2.08. The molecule has 0 aromatic carbocycles. The zero-order chi connectivity index (χ0) is 16.6. The maximum absolute atomic E-state index is 12.0. The van der Waals surface area contributed by atoms with Gasteiger partial charge in [0.1, 0.15) is 17.7 Å². The summed E-state index contributed by atoms with van der Waals surface area (Å²) in [5.74, 6) is -2.09. The van der Waals surface area contributed by atoms with E-state index in [9.17, 15) is 14.4 Å². The van der Waals surface area contributed by atoms with Gasteiger partial charge in [0.25, 0.3) is 0 Å². The number of alkyl halides is 1. The summed E-state index contributed by atoms with van der Waals surface area (Å²) in [6, 6.07) is -2.06. The molecule has 0 aliphatic heterocycles. The Bertz CT molecular complexity index is 381. The number of carboxylic acids is 1. The second-order valence-corrected chi connectivity index (χ2v) is 5.85. The van der Waals surface area contributed by atoms with E-state index in [2.05, 4.69) is 10.6 Å². The topological polar surface area (TPSA) is 105 Å². The van der Waals surface area contributed by atoms with E-state index in [4.69, 9.17) is 21.4 Å². The fraction of sp³-hybridized carbons (Fsp3) is 0.769. The molecule has 1 unspecified atom stereocenters. The first-order valence-corrected chi connectivity index (χ1v) is 7.22. The molecule has 21 heavy (non-hydrogen) atoms. The van der Waals surface area contributed by atoms with Crippen LogP contribution in [0.5, 0.6) is 0 Å². The predicted octanol–water partition coefficient (Wildman–Crippen LogP) is 1.49. The van der Waals surface area contributed by atoms with E-state index in [-0.39, 0.29) is 5.88 Å². The number of amides is 2. The monoisotopic (exact) mass is 322 g/mol. The lowest BCUT2D eigenvalue weighted by atomic mass is 10.1. The third kappa shape index (κ3) is 8.39. The van der Waals surface area contributed by atoms with E-state index in [1.54, 1.807) is 20.8 Å². The van der Waals surface area contributed by atoms with Crippen LogP contribution in [0.15, 0.2) is 0 Å². The number of hydrogen-bond acceptors (Lipinski definition) is 4. The van der Waals surface area contributed by atoms with Crippen LogP contribution in [-0.4, -0.2) is 46.6 Å². The van der Waals surface area contributed by atoms with Crippen LogP contribution in [0.1, 0.15) is 40.5 Å². The molecule has 0 saturated heterocycles. The van der Waals surface area contributed by atoms with Crippen LogP contribution in [0.3, 0.4) is 0 Å². The summed E-state index contributed by atoms with van der Waals surface area (Å²) in [7, 11) is 0. The lowest BCUT2D eigenvalue weighted by Crippen LogP contribution is -2.52. The van der Waals surface area contributed by atoms with Crippen molar-refractivity contribution in [1.29, 1.82) is 0 Å². The van der Waals surface area contributed by atoms with Crippen molar-refractivity contribution in [3.63, 3.8) is 0 Å². The van der Waals surface area contributed by atoms with Crippen molar-refractivity contribution >= 4 is 29.6 Å². The van der Waals surface area contributed by atoms with Gasteiger partial charge in [-0.15, -0.1) is 11.6 Å². The average Bonchev–Trinajstić information content (AvgIpc) is 2.32. The van der Waals surface area contributed by atoms with Crippen molar-refractivity contribution in [2.75, 3.05) is 5.88 Å². The Balaban J connectivity index is 4.70. The first kappa shape index (κ1) is 19.5. The van der Waals surface area contributed by atoms with Crippen LogP contribution in [0, 0.1) is 0 Å². The number of alkyl carbamates (subject to hydrolysis) is 1. The van der Waals surface area contributed by atoms with Gasteiger partial charge in [0.15, 0.2) is 0 Å². The molecule has 0 saturated carbocycles. The lowest BCUT2D eigenvalue weighted by Gasteiger charge is -2.24. The fourth-order valence-electron chi connectivity index (χ4n) is 1.45. The zero-order valence-electron chi connectivity index (χ0n) is 12.7. The second-order valence-electron chi connectivity index (χ2n) is 5.54. The van der Waals surface area contributed by atoms with Gasteiger partial charge in [-0.1, -0.05) is 13.3 Å². The number of carboxylic acid groups (broad SMARTS) is 1. The standard InChI is InChI=1S/C13H23ClN2O5/c1-5-6-8(16-12(20)21-13(2,3)4)10(17)15-9(7-14)11(18)19/h8-9H,5-7H2,1-4H3,(H,15,17)(H,16,20)(H,18,19)/t8-,9?/m0/s1. The molecule has 2 amide bonds. The first-order chi connectivity index (χ1) is 9.60. The maximum atomic E-state index is 12.0. The molecule has 0 bridgehead atoms. The number of halogens is 1. The van der Waals surface area contributed by atoms with Crippen molar-refractivity contribution in [3.8, 4) is 0 Å². The molecule has 0 aromatic rings. The van der Waals surface area contributed by atoms with Crippen molar-refractivity contribution in [2.45, 2.75) is 58.2 Å². The SMILES string of the molecule is CCC[C@H](NC(=O)OC(C)(C)C)C(=O)NC(CCl)C(=O)O. The number of carbonyl (C=O) groups excluding carboxylic acids is 2. The molecule has 0 spiro atoms. The molecule has 0 radical (unpaired) electrons. The Morgan fingerprint density at radius 1 is 1.19 bits per heavy atom. The Morgan fingerprint density at radius 3 is 2.14 bits per heavy atom. The summed E-state index contributed by atoms with van der Waals surface area (Å²) in [6.07, 6.45) is 0.264. The summed E-state index contributed by atoms with van der Waals surface area (Å²) < 4.78 is 5.07. The molecule has 8 heteroatoms. The van der Waals surface area contributed by atoms with Gasteiger partial charge in [-0.25, -0.2) is 9.59 Å². The summed E-state index contributed by atoms with van der Waals surface area (Å²) >= 11 is 5.47. The van der Waals surface area contributed by atoms with Crippen LogP contribution in [0.4, 0.5) is 4.79 Å². The van der Waals surface area contributed by atoms with E-state index < -0.39 is 35.7 Å². The van der Waals surface area contributed by atoms with Crippen molar-refractivity contribution < 1.29 is 24.2 Å². The van der Waals surface area contributed by atoms with Crippen molar-refractivity contribution in [3.05, 3.63) is 0 Å². The Morgan fingerprint density at radius 2 is 1.76 bits per heavy atom. The van der Waals surface area contributed by atoms with E-state index in [1.165, 1.54) is 0 Å².